The van der Waals surface area contributed by atoms with Gasteiger partial charge >= 0.3 is 0 Å². The molecule has 0 amide bonds. The van der Waals surface area contributed by atoms with E-state index in [0.29, 0.717) is 30.0 Å². The summed E-state index contributed by atoms with van der Waals surface area (Å²) in [4.78, 5) is 21.4. The van der Waals surface area contributed by atoms with E-state index in [1.807, 2.05) is 25.1 Å². The van der Waals surface area contributed by atoms with Crippen LogP contribution in [0.2, 0.25) is 0 Å². The van der Waals surface area contributed by atoms with Gasteiger partial charge in [0.15, 0.2) is 11.6 Å². The van der Waals surface area contributed by atoms with Gasteiger partial charge in [-0.2, -0.15) is 5.10 Å². The number of hydrogen-bond donors (Lipinski definition) is 2. The molecule has 0 atom stereocenters. The van der Waals surface area contributed by atoms with Crippen LogP contribution in [0.1, 0.15) is 49.4 Å². The molecule has 0 spiro atoms. The molecule has 0 aliphatic heterocycles. The molecule has 0 aromatic carbocycles. The van der Waals surface area contributed by atoms with Gasteiger partial charge < -0.3 is 15.6 Å². The SMILES string of the molecule is CCOc1cc(-c2cc(C(=O)CC3CCC(O)CC3)c3c(N)ncnn23)ccn1. The maximum absolute atomic E-state index is 13.2. The fraction of sp³-hybridized carbons (Fsp3) is 0.429. The monoisotopic (exact) mass is 395 g/mol. The van der Waals surface area contributed by atoms with Crippen LogP contribution in [-0.4, -0.2) is 43.2 Å². The molecule has 4 rings (SSSR count). The normalized spacial score (nSPS) is 19.4. The van der Waals surface area contributed by atoms with Crippen LogP contribution in [0.3, 0.4) is 0 Å². The van der Waals surface area contributed by atoms with E-state index in [1.54, 1.807) is 10.7 Å². The second kappa shape index (κ2) is 8.16. The average Bonchev–Trinajstić information content (AvgIpc) is 3.11. The minimum Gasteiger partial charge on any atom is -0.478 e. The minimum atomic E-state index is -0.237. The van der Waals surface area contributed by atoms with Gasteiger partial charge in [0.1, 0.15) is 11.8 Å². The van der Waals surface area contributed by atoms with Gasteiger partial charge in [-0.15, -0.1) is 0 Å². The number of fused-ring (bicyclic) bond motifs is 1. The lowest BCUT2D eigenvalue weighted by Crippen LogP contribution is -2.20. The van der Waals surface area contributed by atoms with Crippen LogP contribution in [0, 0.1) is 5.92 Å². The van der Waals surface area contributed by atoms with Crippen molar-refractivity contribution in [2.45, 2.75) is 45.1 Å². The zero-order valence-corrected chi connectivity index (χ0v) is 16.4. The first-order chi connectivity index (χ1) is 14.1. The summed E-state index contributed by atoms with van der Waals surface area (Å²) in [6.07, 6.45) is 6.47. The Balaban J connectivity index is 1.72. The molecule has 8 nitrogen and oxygen atoms in total. The number of carbonyl (C=O) groups is 1. The highest BCUT2D eigenvalue weighted by Gasteiger charge is 2.25. The van der Waals surface area contributed by atoms with Crippen molar-refractivity contribution in [3.63, 3.8) is 0 Å². The van der Waals surface area contributed by atoms with Crippen LogP contribution < -0.4 is 10.5 Å². The van der Waals surface area contributed by atoms with E-state index in [2.05, 4.69) is 15.1 Å². The summed E-state index contributed by atoms with van der Waals surface area (Å²) in [7, 11) is 0. The number of nitrogen functional groups attached to an aromatic ring is 1. The van der Waals surface area contributed by atoms with E-state index in [1.165, 1.54) is 6.33 Å². The summed E-state index contributed by atoms with van der Waals surface area (Å²) < 4.78 is 7.16. The predicted molar refractivity (Wildman–Crippen MR) is 109 cm³/mol. The van der Waals surface area contributed by atoms with Crippen LogP contribution in [0.15, 0.2) is 30.7 Å². The summed E-state index contributed by atoms with van der Waals surface area (Å²) in [6.45, 7) is 2.41. The van der Waals surface area contributed by atoms with Gasteiger partial charge in [0.05, 0.1) is 18.4 Å². The van der Waals surface area contributed by atoms with Gasteiger partial charge in [0, 0.05) is 29.8 Å². The van der Waals surface area contributed by atoms with E-state index in [-0.39, 0.29) is 23.6 Å². The Kier molecular flexibility index (Phi) is 5.44. The second-order valence-electron chi connectivity index (χ2n) is 7.47. The number of ketones is 1. The van der Waals surface area contributed by atoms with Crippen LogP contribution in [0.4, 0.5) is 5.82 Å². The summed E-state index contributed by atoms with van der Waals surface area (Å²) in [6, 6.07) is 5.49. The number of aliphatic hydroxyl groups excluding tert-OH is 1. The number of rotatable bonds is 6. The molecule has 3 heterocycles. The van der Waals surface area contributed by atoms with Crippen molar-refractivity contribution in [3.05, 3.63) is 36.3 Å². The van der Waals surface area contributed by atoms with Gasteiger partial charge in [-0.1, -0.05) is 0 Å². The van der Waals surface area contributed by atoms with E-state index in [4.69, 9.17) is 10.5 Å². The van der Waals surface area contributed by atoms with Crippen LogP contribution in [0.5, 0.6) is 5.88 Å². The first kappa shape index (κ1) is 19.3. The number of nitrogens with two attached hydrogens (primary N) is 1. The number of nitrogens with zero attached hydrogens (tertiary/aromatic N) is 4. The molecule has 1 saturated carbocycles. The number of anilines is 1. The zero-order chi connectivity index (χ0) is 20.4. The fourth-order valence-corrected chi connectivity index (χ4v) is 4.00. The second-order valence-corrected chi connectivity index (χ2v) is 7.47. The highest BCUT2D eigenvalue weighted by atomic mass is 16.5. The first-order valence-electron chi connectivity index (χ1n) is 9.99. The van der Waals surface area contributed by atoms with Crippen molar-refractivity contribution in [2.24, 2.45) is 5.92 Å². The fourth-order valence-electron chi connectivity index (χ4n) is 4.00. The van der Waals surface area contributed by atoms with E-state index < -0.39 is 0 Å². The highest BCUT2D eigenvalue weighted by molar-refractivity contribution is 6.06. The lowest BCUT2D eigenvalue weighted by atomic mass is 9.83. The molecule has 0 radical (unpaired) electrons. The largest absolute Gasteiger partial charge is 0.478 e. The smallest absolute Gasteiger partial charge is 0.213 e. The maximum atomic E-state index is 13.2. The molecular weight excluding hydrogens is 370 g/mol. The molecule has 1 aliphatic carbocycles. The zero-order valence-electron chi connectivity index (χ0n) is 16.4. The summed E-state index contributed by atoms with van der Waals surface area (Å²) in [5.74, 6) is 1.08. The van der Waals surface area contributed by atoms with Crippen LogP contribution in [-0.2, 0) is 0 Å². The Hall–Kier alpha value is -3.00. The molecule has 0 unspecified atom stereocenters. The Labute approximate surface area is 168 Å². The van der Waals surface area contributed by atoms with Crippen molar-refractivity contribution >= 4 is 17.1 Å². The Bertz CT molecular complexity index is 1020. The molecule has 29 heavy (non-hydrogen) atoms. The Morgan fingerprint density at radius 2 is 2.07 bits per heavy atom. The third-order valence-corrected chi connectivity index (χ3v) is 5.50. The Morgan fingerprint density at radius 1 is 1.28 bits per heavy atom. The molecule has 3 N–H and O–H groups in total. The molecule has 0 saturated heterocycles. The molecule has 0 bridgehead atoms. The lowest BCUT2D eigenvalue weighted by molar-refractivity contribution is 0.0861. The molecule has 1 fully saturated rings. The maximum Gasteiger partial charge on any atom is 0.213 e. The number of Topliss-reactive ketones (excluding diaryl/α,β-unsaturated/α-hetero) is 1. The highest BCUT2D eigenvalue weighted by Crippen LogP contribution is 2.33. The number of aliphatic hydroxyl groups is 1. The van der Waals surface area contributed by atoms with E-state index in [9.17, 15) is 9.90 Å². The summed E-state index contributed by atoms with van der Waals surface area (Å²) >= 11 is 0. The molecule has 3 aromatic rings. The number of hydrogen-bond acceptors (Lipinski definition) is 7. The number of aromatic nitrogens is 4. The van der Waals surface area contributed by atoms with Gasteiger partial charge in [-0.25, -0.2) is 14.5 Å². The van der Waals surface area contributed by atoms with E-state index in [0.717, 1.165) is 36.9 Å². The lowest BCUT2D eigenvalue weighted by Gasteiger charge is -2.24. The van der Waals surface area contributed by atoms with Crippen LogP contribution >= 0.6 is 0 Å². The standard InChI is InChI=1S/C21H25N5O3/c1-2-29-19-10-14(7-8-23-19)17-11-16(20-21(22)24-12-25-26(17)20)18(28)9-13-3-5-15(27)6-4-13/h7-8,10-13,15,27H,2-6,9H2,1H3,(H2,22,24,25). The van der Waals surface area contributed by atoms with Crippen molar-refractivity contribution in [1.29, 1.82) is 0 Å². The summed E-state index contributed by atoms with van der Waals surface area (Å²) in [5.41, 5.74) is 8.74. The first-order valence-corrected chi connectivity index (χ1v) is 9.99. The van der Waals surface area contributed by atoms with Gasteiger partial charge in [0.25, 0.3) is 0 Å². The summed E-state index contributed by atoms with van der Waals surface area (Å²) in [5, 5.41) is 14.0. The topological polar surface area (TPSA) is 116 Å². The number of ether oxygens (including phenoxy) is 1. The van der Waals surface area contributed by atoms with Crippen molar-refractivity contribution in [2.75, 3.05) is 12.3 Å². The van der Waals surface area contributed by atoms with Gasteiger partial charge in [-0.05, 0) is 50.7 Å². The third kappa shape index (κ3) is 3.93. The molecular formula is C21H25N5O3. The van der Waals surface area contributed by atoms with Crippen LogP contribution in [0.25, 0.3) is 16.8 Å². The quantitative estimate of drug-likeness (QED) is 0.617. The van der Waals surface area contributed by atoms with Crippen molar-refractivity contribution in [3.8, 4) is 17.1 Å². The Morgan fingerprint density at radius 3 is 2.83 bits per heavy atom. The minimum absolute atomic E-state index is 0.0238. The van der Waals surface area contributed by atoms with Crippen molar-refractivity contribution < 1.29 is 14.6 Å². The third-order valence-electron chi connectivity index (χ3n) is 5.50. The molecule has 152 valence electrons. The van der Waals surface area contributed by atoms with Gasteiger partial charge in [-0.3, -0.25) is 4.79 Å². The predicted octanol–water partition coefficient (Wildman–Crippen LogP) is 2.90. The van der Waals surface area contributed by atoms with Gasteiger partial charge in [0.2, 0.25) is 5.88 Å². The number of pyridine rings is 1. The number of carbonyl (C=O) groups excluding carboxylic acids is 1. The molecule has 1 aliphatic rings. The van der Waals surface area contributed by atoms with Crippen molar-refractivity contribution in [1.82, 2.24) is 19.6 Å². The molecule has 8 heteroatoms. The van der Waals surface area contributed by atoms with E-state index >= 15 is 0 Å². The molecule has 3 aromatic heterocycles. The average molecular weight is 395 g/mol.